The number of hydrogen-bond donors (Lipinski definition) is 1. The summed E-state index contributed by atoms with van der Waals surface area (Å²) in [5, 5.41) is 9.16. The van der Waals surface area contributed by atoms with Gasteiger partial charge in [0.2, 0.25) is 0 Å². The summed E-state index contributed by atoms with van der Waals surface area (Å²) in [6.45, 7) is 0. The first kappa shape index (κ1) is 13.0. The predicted molar refractivity (Wildman–Crippen MR) is 71.9 cm³/mol. The van der Waals surface area contributed by atoms with Crippen LogP contribution in [0.2, 0.25) is 0 Å². The second-order valence-electron chi connectivity index (χ2n) is 3.95. The van der Waals surface area contributed by atoms with Gasteiger partial charge in [-0.15, -0.1) is 0 Å². The molecule has 4 heteroatoms. The van der Waals surface area contributed by atoms with Gasteiger partial charge in [0.25, 0.3) is 0 Å². The third-order valence-electron chi connectivity index (χ3n) is 2.83. The predicted octanol–water partition coefficient (Wildman–Crippen LogP) is 3.07. The van der Waals surface area contributed by atoms with Gasteiger partial charge < -0.3 is 14.6 Å². The van der Waals surface area contributed by atoms with E-state index < -0.39 is 5.97 Å². The van der Waals surface area contributed by atoms with Gasteiger partial charge in [-0.3, -0.25) is 0 Å². The normalized spacial score (nSPS) is 10.0. The van der Waals surface area contributed by atoms with E-state index >= 15 is 0 Å². The Balaban J connectivity index is 2.50. The lowest BCUT2D eigenvalue weighted by atomic mass is 10.0. The van der Waals surface area contributed by atoms with Crippen molar-refractivity contribution in [2.75, 3.05) is 14.2 Å². The Morgan fingerprint density at radius 3 is 2.37 bits per heavy atom. The molecule has 0 aliphatic carbocycles. The lowest BCUT2D eigenvalue weighted by Crippen LogP contribution is -2.00. The van der Waals surface area contributed by atoms with E-state index in [0.717, 1.165) is 16.9 Å². The fraction of sp³-hybridized carbons (Fsp3) is 0.133. The van der Waals surface area contributed by atoms with Crippen LogP contribution in [0.15, 0.2) is 42.5 Å². The van der Waals surface area contributed by atoms with Gasteiger partial charge in [0.1, 0.15) is 17.1 Å². The number of carbonyl (C=O) groups is 1. The van der Waals surface area contributed by atoms with Crippen LogP contribution < -0.4 is 9.47 Å². The van der Waals surface area contributed by atoms with Crippen LogP contribution in [-0.2, 0) is 0 Å². The van der Waals surface area contributed by atoms with E-state index in [1.165, 1.54) is 7.11 Å². The Kier molecular flexibility index (Phi) is 3.71. The van der Waals surface area contributed by atoms with Crippen molar-refractivity contribution in [3.63, 3.8) is 0 Å². The van der Waals surface area contributed by atoms with Crippen LogP contribution in [0.25, 0.3) is 11.1 Å². The summed E-state index contributed by atoms with van der Waals surface area (Å²) < 4.78 is 10.2. The van der Waals surface area contributed by atoms with Gasteiger partial charge in [-0.1, -0.05) is 18.2 Å². The van der Waals surface area contributed by atoms with Gasteiger partial charge in [-0.05, 0) is 35.4 Å². The van der Waals surface area contributed by atoms with Crippen molar-refractivity contribution in [2.45, 2.75) is 0 Å². The first-order chi connectivity index (χ1) is 9.15. The standard InChI is InChI=1S/C15H14O4/c1-18-12-5-3-4-10(8-12)11-6-7-14(19-2)13(9-11)15(16)17/h3-9H,1-2H3,(H,16,17). The van der Waals surface area contributed by atoms with Gasteiger partial charge in [0, 0.05) is 0 Å². The zero-order valence-corrected chi connectivity index (χ0v) is 10.7. The van der Waals surface area contributed by atoms with Gasteiger partial charge in [-0.25, -0.2) is 4.79 Å². The van der Waals surface area contributed by atoms with Gasteiger partial charge in [-0.2, -0.15) is 0 Å². The monoisotopic (exact) mass is 258 g/mol. The molecule has 19 heavy (non-hydrogen) atoms. The Labute approximate surface area is 111 Å². The van der Waals surface area contributed by atoms with E-state index in [9.17, 15) is 4.79 Å². The zero-order chi connectivity index (χ0) is 13.8. The molecule has 1 N–H and O–H groups in total. The number of aromatic carboxylic acids is 1. The minimum Gasteiger partial charge on any atom is -0.497 e. The number of methoxy groups -OCH3 is 2. The summed E-state index contributed by atoms with van der Waals surface area (Å²) in [5.74, 6) is 0.0611. The topological polar surface area (TPSA) is 55.8 Å². The highest BCUT2D eigenvalue weighted by Crippen LogP contribution is 2.28. The molecule has 0 unspecified atom stereocenters. The SMILES string of the molecule is COc1cccc(-c2ccc(OC)c(C(=O)O)c2)c1. The second-order valence-corrected chi connectivity index (χ2v) is 3.95. The third-order valence-corrected chi connectivity index (χ3v) is 2.83. The van der Waals surface area contributed by atoms with Crippen LogP contribution in [0.4, 0.5) is 0 Å². The summed E-state index contributed by atoms with van der Waals surface area (Å²) in [6.07, 6.45) is 0. The van der Waals surface area contributed by atoms with Crippen molar-refractivity contribution >= 4 is 5.97 Å². The molecular weight excluding hydrogens is 244 g/mol. The van der Waals surface area contributed by atoms with Crippen molar-refractivity contribution < 1.29 is 19.4 Å². The third kappa shape index (κ3) is 2.68. The van der Waals surface area contributed by atoms with E-state index in [1.807, 2.05) is 30.3 Å². The number of hydrogen-bond acceptors (Lipinski definition) is 3. The molecule has 0 aliphatic rings. The van der Waals surface area contributed by atoms with Crippen molar-refractivity contribution in [1.29, 1.82) is 0 Å². The van der Waals surface area contributed by atoms with Crippen LogP contribution in [0.1, 0.15) is 10.4 Å². The van der Waals surface area contributed by atoms with Crippen molar-refractivity contribution in [1.82, 2.24) is 0 Å². The molecule has 2 rings (SSSR count). The molecule has 0 fully saturated rings. The molecular formula is C15H14O4. The summed E-state index contributed by atoms with van der Waals surface area (Å²) in [7, 11) is 3.04. The molecule has 0 saturated heterocycles. The average molecular weight is 258 g/mol. The quantitative estimate of drug-likeness (QED) is 0.915. The van der Waals surface area contributed by atoms with Gasteiger partial charge >= 0.3 is 5.97 Å². The first-order valence-electron chi connectivity index (χ1n) is 5.71. The van der Waals surface area contributed by atoms with Gasteiger partial charge in [0.05, 0.1) is 14.2 Å². The van der Waals surface area contributed by atoms with E-state index in [0.29, 0.717) is 5.75 Å². The highest BCUT2D eigenvalue weighted by atomic mass is 16.5. The summed E-state index contributed by atoms with van der Waals surface area (Å²) in [4.78, 5) is 11.2. The maximum absolute atomic E-state index is 11.2. The summed E-state index contributed by atoms with van der Waals surface area (Å²) in [5.41, 5.74) is 1.84. The lowest BCUT2D eigenvalue weighted by molar-refractivity contribution is 0.0693. The molecule has 0 amide bonds. The second kappa shape index (κ2) is 5.44. The molecule has 0 saturated carbocycles. The molecule has 0 atom stereocenters. The largest absolute Gasteiger partial charge is 0.497 e. The molecule has 0 bridgehead atoms. The van der Waals surface area contributed by atoms with Crippen LogP contribution in [0.3, 0.4) is 0 Å². The molecule has 0 aliphatic heterocycles. The number of ether oxygens (including phenoxy) is 2. The summed E-state index contributed by atoms with van der Waals surface area (Å²) >= 11 is 0. The molecule has 98 valence electrons. The van der Waals surface area contributed by atoms with Crippen molar-refractivity contribution in [2.24, 2.45) is 0 Å². The maximum atomic E-state index is 11.2. The highest BCUT2D eigenvalue weighted by molar-refractivity contribution is 5.92. The van der Waals surface area contributed by atoms with Gasteiger partial charge in [0.15, 0.2) is 0 Å². The van der Waals surface area contributed by atoms with Crippen molar-refractivity contribution in [3.8, 4) is 22.6 Å². The molecule has 2 aromatic rings. The first-order valence-corrected chi connectivity index (χ1v) is 5.71. The van der Waals surface area contributed by atoms with E-state index in [2.05, 4.69) is 0 Å². The summed E-state index contributed by atoms with van der Waals surface area (Å²) in [6, 6.07) is 12.5. The Hall–Kier alpha value is -2.49. The Morgan fingerprint density at radius 2 is 1.74 bits per heavy atom. The fourth-order valence-corrected chi connectivity index (χ4v) is 1.86. The maximum Gasteiger partial charge on any atom is 0.339 e. The smallest absolute Gasteiger partial charge is 0.339 e. The number of carboxylic acids is 1. The molecule has 0 aromatic heterocycles. The molecule has 0 spiro atoms. The lowest BCUT2D eigenvalue weighted by Gasteiger charge is -2.09. The molecule has 4 nitrogen and oxygen atoms in total. The molecule has 2 aromatic carbocycles. The molecule has 0 radical (unpaired) electrons. The average Bonchev–Trinajstić information content (AvgIpc) is 2.46. The zero-order valence-electron chi connectivity index (χ0n) is 10.7. The fourth-order valence-electron chi connectivity index (χ4n) is 1.86. The minimum atomic E-state index is -1.01. The van der Waals surface area contributed by atoms with Crippen LogP contribution in [-0.4, -0.2) is 25.3 Å². The van der Waals surface area contributed by atoms with E-state index in [4.69, 9.17) is 14.6 Å². The Morgan fingerprint density at radius 1 is 1.00 bits per heavy atom. The van der Waals surface area contributed by atoms with Crippen LogP contribution in [0.5, 0.6) is 11.5 Å². The number of rotatable bonds is 4. The highest BCUT2D eigenvalue weighted by Gasteiger charge is 2.12. The van der Waals surface area contributed by atoms with Crippen LogP contribution in [0, 0.1) is 0 Å². The van der Waals surface area contributed by atoms with E-state index in [-0.39, 0.29) is 5.56 Å². The number of carboxylic acid groups (broad SMARTS) is 1. The van der Waals surface area contributed by atoms with Crippen LogP contribution >= 0.6 is 0 Å². The Bertz CT molecular complexity index is 605. The number of benzene rings is 2. The minimum absolute atomic E-state index is 0.141. The molecule has 0 heterocycles. The van der Waals surface area contributed by atoms with Crippen molar-refractivity contribution in [3.05, 3.63) is 48.0 Å². The van der Waals surface area contributed by atoms with E-state index in [1.54, 1.807) is 19.2 Å².